The molecule has 1 heterocycles. The Balaban J connectivity index is 1.79. The minimum Gasteiger partial charge on any atom is -0.313 e. The summed E-state index contributed by atoms with van der Waals surface area (Å²) in [6.07, 6.45) is 10.00. The van der Waals surface area contributed by atoms with Crippen LogP contribution in [0.3, 0.4) is 0 Å². The predicted molar refractivity (Wildman–Crippen MR) is 87.2 cm³/mol. The van der Waals surface area contributed by atoms with Gasteiger partial charge in [-0.1, -0.05) is 26.2 Å². The lowest BCUT2D eigenvalue weighted by Crippen LogP contribution is -2.47. The lowest BCUT2D eigenvalue weighted by molar-refractivity contribution is 0.173. The molecule has 1 aliphatic heterocycles. The van der Waals surface area contributed by atoms with E-state index in [2.05, 4.69) is 36.1 Å². The first-order valence-electron chi connectivity index (χ1n) is 8.83. The number of nitrogens with zero attached hydrogens (tertiary/aromatic N) is 2. The largest absolute Gasteiger partial charge is 0.313 e. The van der Waals surface area contributed by atoms with Gasteiger partial charge in [0.15, 0.2) is 0 Å². The highest BCUT2D eigenvalue weighted by molar-refractivity contribution is 4.84. The van der Waals surface area contributed by atoms with E-state index in [1.54, 1.807) is 0 Å². The van der Waals surface area contributed by atoms with Crippen LogP contribution in [0.2, 0.25) is 0 Å². The van der Waals surface area contributed by atoms with E-state index in [-0.39, 0.29) is 0 Å². The third-order valence-electron chi connectivity index (χ3n) is 5.39. The second kappa shape index (κ2) is 8.35. The fraction of sp³-hybridized carbons (Fsp3) is 1.00. The number of likely N-dealkylation sites (tertiary alicyclic amines) is 1. The molecule has 0 bridgehead atoms. The maximum atomic E-state index is 3.76. The van der Waals surface area contributed by atoms with Crippen molar-refractivity contribution >= 4 is 0 Å². The van der Waals surface area contributed by atoms with Crippen molar-refractivity contribution in [1.82, 2.24) is 15.1 Å². The summed E-state index contributed by atoms with van der Waals surface area (Å²) in [5, 5.41) is 3.76. The van der Waals surface area contributed by atoms with Crippen LogP contribution in [-0.2, 0) is 0 Å². The molecule has 2 unspecified atom stereocenters. The summed E-state index contributed by atoms with van der Waals surface area (Å²) in [6, 6.07) is 1.49. The fourth-order valence-corrected chi connectivity index (χ4v) is 4.16. The standard InChI is InChI=1S/C17H35N3/c1-4-18-17(15-9-6-5-7-10-15)14-19(2)13-16-11-8-12-20(16)3/h15-18H,4-14H2,1-3H3. The Hall–Kier alpha value is -0.120. The third-order valence-corrected chi connectivity index (χ3v) is 5.39. The van der Waals surface area contributed by atoms with Crippen LogP contribution in [-0.4, -0.2) is 62.2 Å². The molecule has 2 aliphatic rings. The molecule has 0 aromatic carbocycles. The van der Waals surface area contributed by atoms with Crippen LogP contribution in [0, 0.1) is 5.92 Å². The highest BCUT2D eigenvalue weighted by Gasteiger charge is 2.26. The van der Waals surface area contributed by atoms with Crippen molar-refractivity contribution < 1.29 is 0 Å². The van der Waals surface area contributed by atoms with Crippen LogP contribution >= 0.6 is 0 Å². The SMILES string of the molecule is CCNC(CN(C)CC1CCCN1C)C1CCCCC1. The van der Waals surface area contributed by atoms with Gasteiger partial charge >= 0.3 is 0 Å². The predicted octanol–water partition coefficient (Wildman–Crippen LogP) is 2.57. The Bertz CT molecular complexity index is 263. The summed E-state index contributed by atoms with van der Waals surface area (Å²) in [6.45, 7) is 7.12. The number of rotatable bonds is 7. The Morgan fingerprint density at radius 3 is 2.50 bits per heavy atom. The summed E-state index contributed by atoms with van der Waals surface area (Å²) in [4.78, 5) is 5.12. The van der Waals surface area contributed by atoms with Gasteiger partial charge in [-0.3, -0.25) is 0 Å². The summed E-state index contributed by atoms with van der Waals surface area (Å²) in [5.74, 6) is 0.910. The van der Waals surface area contributed by atoms with Crippen LogP contribution in [0.5, 0.6) is 0 Å². The molecule has 0 aromatic heterocycles. The highest BCUT2D eigenvalue weighted by atomic mass is 15.2. The molecule has 1 saturated carbocycles. The Labute approximate surface area is 126 Å². The molecule has 1 aliphatic carbocycles. The number of hydrogen-bond donors (Lipinski definition) is 1. The van der Waals surface area contributed by atoms with E-state index >= 15 is 0 Å². The minimum atomic E-state index is 0.706. The summed E-state index contributed by atoms with van der Waals surface area (Å²) < 4.78 is 0. The third kappa shape index (κ3) is 4.71. The van der Waals surface area contributed by atoms with Crippen molar-refractivity contribution in [3.05, 3.63) is 0 Å². The first-order chi connectivity index (χ1) is 9.70. The van der Waals surface area contributed by atoms with Crippen LogP contribution in [0.25, 0.3) is 0 Å². The second-order valence-electron chi connectivity index (χ2n) is 7.06. The normalized spacial score (nSPS) is 27.3. The molecule has 2 rings (SSSR count). The average Bonchev–Trinajstić information content (AvgIpc) is 2.85. The minimum absolute atomic E-state index is 0.706. The van der Waals surface area contributed by atoms with Crippen molar-refractivity contribution in [2.75, 3.05) is 40.3 Å². The lowest BCUT2D eigenvalue weighted by atomic mass is 9.83. The van der Waals surface area contributed by atoms with Crippen molar-refractivity contribution in [3.8, 4) is 0 Å². The number of hydrogen-bond acceptors (Lipinski definition) is 3. The van der Waals surface area contributed by atoms with E-state index in [0.717, 1.165) is 18.5 Å². The first kappa shape index (κ1) is 16.3. The fourth-order valence-electron chi connectivity index (χ4n) is 4.16. The molecule has 118 valence electrons. The molecule has 1 N–H and O–H groups in total. The summed E-state index contributed by atoms with van der Waals surface area (Å²) >= 11 is 0. The first-order valence-corrected chi connectivity index (χ1v) is 8.83. The molecule has 3 nitrogen and oxygen atoms in total. The summed E-state index contributed by atoms with van der Waals surface area (Å²) in [5.41, 5.74) is 0. The maximum absolute atomic E-state index is 3.76. The molecular weight excluding hydrogens is 246 g/mol. The van der Waals surface area contributed by atoms with E-state index in [1.165, 1.54) is 64.6 Å². The number of likely N-dealkylation sites (N-methyl/N-ethyl adjacent to an activating group) is 3. The smallest absolute Gasteiger partial charge is 0.0223 e. The molecule has 3 heteroatoms. The quantitative estimate of drug-likeness (QED) is 0.774. The van der Waals surface area contributed by atoms with Gasteiger partial charge in [0, 0.05) is 25.2 Å². The van der Waals surface area contributed by atoms with Crippen molar-refractivity contribution in [1.29, 1.82) is 0 Å². The maximum Gasteiger partial charge on any atom is 0.0223 e. The van der Waals surface area contributed by atoms with Gasteiger partial charge in [0.1, 0.15) is 0 Å². The van der Waals surface area contributed by atoms with Crippen LogP contribution in [0.4, 0.5) is 0 Å². The van der Waals surface area contributed by atoms with Gasteiger partial charge < -0.3 is 15.1 Å². The van der Waals surface area contributed by atoms with Gasteiger partial charge in [-0.2, -0.15) is 0 Å². The van der Waals surface area contributed by atoms with Gasteiger partial charge in [-0.05, 0) is 58.8 Å². The zero-order valence-corrected chi connectivity index (χ0v) is 13.9. The van der Waals surface area contributed by atoms with Crippen LogP contribution < -0.4 is 5.32 Å². The van der Waals surface area contributed by atoms with Crippen molar-refractivity contribution in [3.63, 3.8) is 0 Å². The zero-order chi connectivity index (χ0) is 14.4. The molecule has 0 amide bonds. The lowest BCUT2D eigenvalue weighted by Gasteiger charge is -2.35. The highest BCUT2D eigenvalue weighted by Crippen LogP contribution is 2.27. The van der Waals surface area contributed by atoms with Gasteiger partial charge in [-0.25, -0.2) is 0 Å². The molecule has 0 spiro atoms. The summed E-state index contributed by atoms with van der Waals surface area (Å²) in [7, 11) is 4.60. The van der Waals surface area contributed by atoms with E-state index in [4.69, 9.17) is 0 Å². The number of nitrogens with one attached hydrogen (secondary N) is 1. The van der Waals surface area contributed by atoms with Crippen LogP contribution in [0.15, 0.2) is 0 Å². The molecule has 1 saturated heterocycles. The van der Waals surface area contributed by atoms with Crippen molar-refractivity contribution in [2.45, 2.75) is 64.0 Å². The van der Waals surface area contributed by atoms with E-state index in [9.17, 15) is 0 Å². The molecule has 20 heavy (non-hydrogen) atoms. The Morgan fingerprint density at radius 2 is 1.90 bits per heavy atom. The topological polar surface area (TPSA) is 18.5 Å². The van der Waals surface area contributed by atoms with E-state index in [0.29, 0.717) is 6.04 Å². The second-order valence-corrected chi connectivity index (χ2v) is 7.06. The molecule has 0 radical (unpaired) electrons. The van der Waals surface area contributed by atoms with Crippen molar-refractivity contribution in [2.24, 2.45) is 5.92 Å². The molecule has 2 fully saturated rings. The molecular formula is C17H35N3. The molecule has 2 atom stereocenters. The monoisotopic (exact) mass is 281 g/mol. The van der Waals surface area contributed by atoms with E-state index in [1.807, 2.05) is 0 Å². The van der Waals surface area contributed by atoms with Gasteiger partial charge in [0.05, 0.1) is 0 Å². The Morgan fingerprint density at radius 1 is 1.15 bits per heavy atom. The average molecular weight is 281 g/mol. The van der Waals surface area contributed by atoms with Gasteiger partial charge in [-0.15, -0.1) is 0 Å². The zero-order valence-electron chi connectivity index (χ0n) is 13.9. The van der Waals surface area contributed by atoms with Gasteiger partial charge in [0.2, 0.25) is 0 Å². The molecule has 0 aromatic rings. The van der Waals surface area contributed by atoms with E-state index < -0.39 is 0 Å². The van der Waals surface area contributed by atoms with Crippen LogP contribution in [0.1, 0.15) is 51.9 Å². The Kier molecular flexibility index (Phi) is 6.79. The van der Waals surface area contributed by atoms with Gasteiger partial charge in [0.25, 0.3) is 0 Å².